The highest BCUT2D eigenvalue weighted by Gasteiger charge is 2.45. The van der Waals surface area contributed by atoms with E-state index in [1.165, 1.54) is 5.01 Å². The van der Waals surface area contributed by atoms with Crippen LogP contribution in [0.25, 0.3) is 0 Å². The molecule has 17 heavy (non-hydrogen) atoms. The number of hydrazone groups is 1. The molecule has 1 amide bonds. The molecule has 2 rings (SSSR count). The van der Waals surface area contributed by atoms with Gasteiger partial charge in [-0.3, -0.25) is 4.79 Å². The van der Waals surface area contributed by atoms with Crippen LogP contribution in [0.2, 0.25) is 0 Å². The Bertz CT molecular complexity index is 432. The van der Waals surface area contributed by atoms with Crippen LogP contribution in [-0.4, -0.2) is 34.2 Å². The molecular formula is C11H13N3O3. The summed E-state index contributed by atoms with van der Waals surface area (Å²) in [5, 5.41) is 22.6. The molecule has 0 aromatic rings. The van der Waals surface area contributed by atoms with E-state index in [0.717, 1.165) is 12.8 Å². The Morgan fingerprint density at radius 2 is 2.24 bits per heavy atom. The molecule has 0 bridgehead atoms. The summed E-state index contributed by atoms with van der Waals surface area (Å²) >= 11 is 0. The monoisotopic (exact) mass is 235 g/mol. The second kappa shape index (κ2) is 4.17. The Labute approximate surface area is 98.5 Å². The summed E-state index contributed by atoms with van der Waals surface area (Å²) in [7, 11) is 0. The summed E-state index contributed by atoms with van der Waals surface area (Å²) < 4.78 is 0. The molecule has 1 aliphatic carbocycles. The van der Waals surface area contributed by atoms with Gasteiger partial charge in [-0.25, -0.2) is 9.80 Å². The van der Waals surface area contributed by atoms with Crippen molar-refractivity contribution in [2.75, 3.05) is 6.54 Å². The van der Waals surface area contributed by atoms with Gasteiger partial charge < -0.3 is 5.11 Å². The van der Waals surface area contributed by atoms with E-state index in [0.29, 0.717) is 13.0 Å². The second-order valence-electron chi connectivity index (χ2n) is 4.64. The number of hydrogen-bond acceptors (Lipinski definition) is 4. The number of carboxylic acids is 1. The van der Waals surface area contributed by atoms with Gasteiger partial charge in [-0.15, -0.1) is 0 Å². The molecule has 1 saturated carbocycles. The Morgan fingerprint density at radius 1 is 1.53 bits per heavy atom. The molecule has 2 aliphatic rings. The van der Waals surface area contributed by atoms with Gasteiger partial charge in [0.15, 0.2) is 0 Å². The average Bonchev–Trinajstić information content (AvgIpc) is 3.02. The molecule has 1 N–H and O–H groups in total. The van der Waals surface area contributed by atoms with E-state index < -0.39 is 5.97 Å². The van der Waals surface area contributed by atoms with E-state index in [-0.39, 0.29) is 29.9 Å². The van der Waals surface area contributed by atoms with Gasteiger partial charge in [-0.1, -0.05) is 0 Å². The first-order valence-corrected chi connectivity index (χ1v) is 5.54. The first kappa shape index (κ1) is 11.6. The lowest BCUT2D eigenvalue weighted by molar-refractivity contribution is -0.133. The van der Waals surface area contributed by atoms with Crippen LogP contribution in [0, 0.1) is 16.7 Å². The first-order chi connectivity index (χ1) is 8.06. The Balaban J connectivity index is 2.09. The number of nitrogens with zero attached hydrogens (tertiary/aromatic N) is 3. The van der Waals surface area contributed by atoms with E-state index >= 15 is 0 Å². The van der Waals surface area contributed by atoms with Crippen LogP contribution in [-0.2, 0) is 9.59 Å². The van der Waals surface area contributed by atoms with Crippen LogP contribution in [0.1, 0.15) is 32.1 Å². The molecule has 1 fully saturated rings. The molecule has 0 unspecified atom stereocenters. The first-order valence-electron chi connectivity index (χ1n) is 5.54. The normalized spacial score (nSPS) is 21.7. The van der Waals surface area contributed by atoms with Crippen LogP contribution >= 0.6 is 0 Å². The number of amides is 1. The molecule has 0 aromatic carbocycles. The summed E-state index contributed by atoms with van der Waals surface area (Å²) in [6.45, 7) is 0.371. The second-order valence-corrected chi connectivity index (χ2v) is 4.64. The molecule has 90 valence electrons. The fraction of sp³-hybridized carbons (Fsp3) is 0.636. The van der Waals surface area contributed by atoms with Crippen molar-refractivity contribution in [3.8, 4) is 6.07 Å². The number of aliphatic carboxylic acids is 1. The van der Waals surface area contributed by atoms with Gasteiger partial charge in [-0.2, -0.15) is 10.4 Å². The third kappa shape index (κ3) is 2.44. The Morgan fingerprint density at radius 3 is 2.76 bits per heavy atom. The molecule has 0 saturated heterocycles. The maximum atomic E-state index is 11.6. The fourth-order valence-corrected chi connectivity index (χ4v) is 1.93. The van der Waals surface area contributed by atoms with Crippen molar-refractivity contribution in [3.05, 3.63) is 0 Å². The summed E-state index contributed by atoms with van der Waals surface area (Å²) in [5.41, 5.74) is -0.119. The van der Waals surface area contributed by atoms with Crippen molar-refractivity contribution in [3.63, 3.8) is 0 Å². The minimum absolute atomic E-state index is 0.0253. The van der Waals surface area contributed by atoms with Crippen LogP contribution < -0.4 is 0 Å². The Kier molecular flexibility index (Phi) is 2.84. The lowest BCUT2D eigenvalue weighted by Gasteiger charge is -2.25. The van der Waals surface area contributed by atoms with Gasteiger partial charge >= 0.3 is 5.97 Å². The lowest BCUT2D eigenvalue weighted by Crippen LogP contribution is -2.37. The Hall–Kier alpha value is -1.90. The van der Waals surface area contributed by atoms with Gasteiger partial charge in [0.05, 0.1) is 12.6 Å². The van der Waals surface area contributed by atoms with Crippen molar-refractivity contribution in [2.45, 2.75) is 32.1 Å². The molecule has 1 heterocycles. The van der Waals surface area contributed by atoms with Crippen LogP contribution in [0.15, 0.2) is 5.10 Å². The molecule has 0 radical (unpaired) electrons. The molecule has 0 spiro atoms. The number of carboxylic acid groups (broad SMARTS) is 1. The van der Waals surface area contributed by atoms with E-state index in [1.807, 2.05) is 0 Å². The molecule has 0 aromatic heterocycles. The molecule has 6 nitrogen and oxygen atoms in total. The zero-order valence-corrected chi connectivity index (χ0v) is 9.35. The van der Waals surface area contributed by atoms with Crippen LogP contribution in [0.4, 0.5) is 0 Å². The standard InChI is InChI=1S/C11H13N3O3/c12-6-5-11(3-4-11)7-14-9(15)2-1-8(13-14)10(16)17/h1-5,7H2,(H,16,17). The molecule has 0 atom stereocenters. The van der Waals surface area contributed by atoms with Gasteiger partial charge in [0.25, 0.3) is 0 Å². The maximum Gasteiger partial charge on any atom is 0.352 e. The van der Waals surface area contributed by atoms with E-state index in [1.54, 1.807) is 0 Å². The molecule has 6 heteroatoms. The third-order valence-corrected chi connectivity index (χ3v) is 3.25. The maximum absolute atomic E-state index is 11.6. The zero-order valence-electron chi connectivity index (χ0n) is 9.35. The molecular weight excluding hydrogens is 222 g/mol. The lowest BCUT2D eigenvalue weighted by atomic mass is 10.0. The van der Waals surface area contributed by atoms with Crippen molar-refractivity contribution in [1.82, 2.24) is 5.01 Å². The number of rotatable bonds is 4. The van der Waals surface area contributed by atoms with Crippen LogP contribution in [0.5, 0.6) is 0 Å². The zero-order chi connectivity index (χ0) is 12.5. The highest BCUT2D eigenvalue weighted by molar-refractivity contribution is 6.36. The fourth-order valence-electron chi connectivity index (χ4n) is 1.93. The number of hydrogen-bond donors (Lipinski definition) is 1. The van der Waals surface area contributed by atoms with Gasteiger partial charge in [0.1, 0.15) is 5.71 Å². The van der Waals surface area contributed by atoms with Crippen LogP contribution in [0.3, 0.4) is 0 Å². The van der Waals surface area contributed by atoms with Crippen molar-refractivity contribution in [2.24, 2.45) is 10.5 Å². The van der Waals surface area contributed by atoms with E-state index in [2.05, 4.69) is 11.2 Å². The van der Waals surface area contributed by atoms with Gasteiger partial charge in [-0.05, 0) is 12.8 Å². The predicted molar refractivity (Wildman–Crippen MR) is 57.9 cm³/mol. The highest BCUT2D eigenvalue weighted by atomic mass is 16.4. The smallest absolute Gasteiger partial charge is 0.352 e. The minimum atomic E-state index is -1.08. The van der Waals surface area contributed by atoms with Crippen molar-refractivity contribution in [1.29, 1.82) is 5.26 Å². The number of nitriles is 1. The topological polar surface area (TPSA) is 93.8 Å². The third-order valence-electron chi connectivity index (χ3n) is 3.25. The van der Waals surface area contributed by atoms with Crippen molar-refractivity contribution >= 4 is 17.6 Å². The number of carbonyl (C=O) groups is 2. The number of carbonyl (C=O) groups excluding carboxylic acids is 1. The van der Waals surface area contributed by atoms with Crippen molar-refractivity contribution < 1.29 is 14.7 Å². The van der Waals surface area contributed by atoms with E-state index in [4.69, 9.17) is 10.4 Å². The predicted octanol–water partition coefficient (Wildman–Crippen LogP) is 0.743. The van der Waals surface area contributed by atoms with Gasteiger partial charge in [0.2, 0.25) is 5.91 Å². The molecule has 1 aliphatic heterocycles. The summed E-state index contributed by atoms with van der Waals surface area (Å²) in [6.07, 6.45) is 2.59. The minimum Gasteiger partial charge on any atom is -0.477 e. The summed E-state index contributed by atoms with van der Waals surface area (Å²) in [6, 6.07) is 2.11. The average molecular weight is 235 g/mol. The van der Waals surface area contributed by atoms with E-state index in [9.17, 15) is 9.59 Å². The van der Waals surface area contributed by atoms with Gasteiger partial charge in [0, 0.05) is 24.7 Å². The highest BCUT2D eigenvalue weighted by Crippen LogP contribution is 2.49. The SMILES string of the molecule is N#CCC1(CN2N=C(C(=O)O)CCC2=O)CC1. The summed E-state index contributed by atoms with van der Waals surface area (Å²) in [5.74, 6) is -1.23. The summed E-state index contributed by atoms with van der Waals surface area (Å²) in [4.78, 5) is 22.4. The largest absolute Gasteiger partial charge is 0.477 e. The quantitative estimate of drug-likeness (QED) is 0.777.